The van der Waals surface area contributed by atoms with Gasteiger partial charge in [0.05, 0.1) is 18.9 Å². The van der Waals surface area contributed by atoms with Crippen LogP contribution in [0.1, 0.15) is 34.1 Å². The maximum atomic E-state index is 13.5. The Kier molecular flexibility index (Phi) is 6.33. The van der Waals surface area contributed by atoms with E-state index in [0.717, 1.165) is 10.0 Å². The van der Waals surface area contributed by atoms with Crippen LogP contribution < -0.4 is 4.74 Å². The van der Waals surface area contributed by atoms with Crippen LogP contribution in [0.4, 0.5) is 0 Å². The van der Waals surface area contributed by atoms with E-state index >= 15 is 0 Å². The molecule has 0 saturated carbocycles. The molecule has 2 aliphatic rings. The molecule has 0 radical (unpaired) electrons. The van der Waals surface area contributed by atoms with E-state index in [1.807, 2.05) is 19.1 Å². The SMILES string of the molecule is COc1cccc(C(=O)CN(C(=O)c2ccc(Cl)cc2)N2C(=O)[C@H]3[C@H](C)C=CC[C@H]3C2=O)c1. The van der Waals surface area contributed by atoms with Crippen LogP contribution in [0.3, 0.4) is 0 Å². The minimum absolute atomic E-state index is 0.147. The van der Waals surface area contributed by atoms with Crippen LogP contribution in [-0.2, 0) is 9.59 Å². The van der Waals surface area contributed by atoms with Crippen molar-refractivity contribution < 1.29 is 23.9 Å². The molecule has 0 spiro atoms. The third-order valence-electron chi connectivity index (χ3n) is 6.10. The predicted molar refractivity (Wildman–Crippen MR) is 122 cm³/mol. The molecule has 4 rings (SSSR count). The lowest BCUT2D eigenvalue weighted by molar-refractivity contribution is -0.154. The summed E-state index contributed by atoms with van der Waals surface area (Å²) in [5.74, 6) is -2.78. The van der Waals surface area contributed by atoms with Crippen molar-refractivity contribution in [2.75, 3.05) is 13.7 Å². The number of hydrogen-bond donors (Lipinski definition) is 0. The van der Waals surface area contributed by atoms with E-state index in [0.29, 0.717) is 22.8 Å². The first kappa shape index (κ1) is 22.7. The minimum atomic E-state index is -0.635. The van der Waals surface area contributed by atoms with Gasteiger partial charge < -0.3 is 4.74 Å². The first-order valence-corrected chi connectivity index (χ1v) is 11.0. The van der Waals surface area contributed by atoms with Gasteiger partial charge in [0, 0.05) is 16.1 Å². The first-order chi connectivity index (χ1) is 15.8. The molecule has 33 heavy (non-hydrogen) atoms. The van der Waals surface area contributed by atoms with Gasteiger partial charge in [0.25, 0.3) is 17.7 Å². The smallest absolute Gasteiger partial charge is 0.273 e. The Balaban J connectivity index is 1.70. The molecule has 1 fully saturated rings. The maximum Gasteiger partial charge on any atom is 0.273 e. The number of carbonyl (C=O) groups excluding carboxylic acids is 4. The van der Waals surface area contributed by atoms with E-state index in [-0.39, 0.29) is 11.5 Å². The number of fused-ring (bicyclic) bond motifs is 1. The Morgan fingerprint density at radius 2 is 1.82 bits per heavy atom. The fourth-order valence-corrected chi connectivity index (χ4v) is 4.49. The maximum absolute atomic E-state index is 13.5. The van der Waals surface area contributed by atoms with Crippen LogP contribution in [0, 0.1) is 17.8 Å². The average Bonchev–Trinajstić information content (AvgIpc) is 3.08. The molecule has 0 bridgehead atoms. The molecule has 2 aromatic carbocycles. The first-order valence-electron chi connectivity index (χ1n) is 10.6. The summed E-state index contributed by atoms with van der Waals surface area (Å²) in [4.78, 5) is 53.2. The van der Waals surface area contributed by atoms with Crippen LogP contribution in [0.15, 0.2) is 60.7 Å². The van der Waals surface area contributed by atoms with E-state index < -0.39 is 41.9 Å². The fraction of sp³-hybridized carbons (Fsp3) is 0.280. The van der Waals surface area contributed by atoms with Gasteiger partial charge in [-0.1, -0.05) is 42.8 Å². The number of imide groups is 1. The summed E-state index contributed by atoms with van der Waals surface area (Å²) in [6.45, 7) is 1.39. The number of carbonyl (C=O) groups is 4. The van der Waals surface area contributed by atoms with E-state index in [9.17, 15) is 19.2 Å². The quantitative estimate of drug-likeness (QED) is 0.367. The van der Waals surface area contributed by atoms with Crippen molar-refractivity contribution in [3.05, 3.63) is 76.8 Å². The van der Waals surface area contributed by atoms with Gasteiger partial charge in [-0.3, -0.25) is 19.2 Å². The lowest BCUT2D eigenvalue weighted by Crippen LogP contribution is -2.52. The number of hydrogen-bond acceptors (Lipinski definition) is 5. The topological polar surface area (TPSA) is 84.0 Å². The Morgan fingerprint density at radius 3 is 2.48 bits per heavy atom. The number of allylic oxidation sites excluding steroid dienone is 2. The molecule has 0 aromatic heterocycles. The third kappa shape index (κ3) is 4.28. The standard InChI is InChI=1S/C25H23ClN2O5/c1-15-5-3-8-20-22(15)25(32)28(24(20)31)27(23(30)16-9-11-18(26)12-10-16)14-21(29)17-6-4-7-19(13-17)33-2/h3-7,9-13,15,20,22H,8,14H2,1-2H3/t15-,20-,22+/m1/s1. The second kappa shape index (κ2) is 9.19. The highest BCUT2D eigenvalue weighted by Crippen LogP contribution is 2.39. The van der Waals surface area contributed by atoms with Crippen molar-refractivity contribution in [1.82, 2.24) is 10.0 Å². The number of amides is 3. The van der Waals surface area contributed by atoms with E-state index in [1.54, 1.807) is 24.3 Å². The number of hydrazine groups is 1. The van der Waals surface area contributed by atoms with Gasteiger partial charge in [-0.2, -0.15) is 5.01 Å². The van der Waals surface area contributed by atoms with Gasteiger partial charge in [-0.05, 0) is 48.7 Å². The number of halogens is 1. The fourth-order valence-electron chi connectivity index (χ4n) is 4.37. The van der Waals surface area contributed by atoms with Gasteiger partial charge in [-0.15, -0.1) is 0 Å². The Morgan fingerprint density at radius 1 is 1.09 bits per heavy atom. The summed E-state index contributed by atoms with van der Waals surface area (Å²) in [5.41, 5.74) is 0.509. The molecule has 3 atom stereocenters. The van der Waals surface area contributed by atoms with Crippen LogP contribution in [-0.4, -0.2) is 47.2 Å². The second-order valence-corrected chi connectivity index (χ2v) is 8.60. The summed E-state index contributed by atoms with van der Waals surface area (Å²) in [6, 6.07) is 12.6. The minimum Gasteiger partial charge on any atom is -0.497 e. The van der Waals surface area contributed by atoms with Crippen molar-refractivity contribution in [2.24, 2.45) is 17.8 Å². The molecule has 1 saturated heterocycles. The van der Waals surface area contributed by atoms with Crippen molar-refractivity contribution in [3.8, 4) is 5.75 Å². The van der Waals surface area contributed by atoms with Crippen molar-refractivity contribution in [2.45, 2.75) is 13.3 Å². The lowest BCUT2D eigenvalue weighted by atomic mass is 9.78. The number of ketones is 1. The van der Waals surface area contributed by atoms with Crippen molar-refractivity contribution in [1.29, 1.82) is 0 Å². The van der Waals surface area contributed by atoms with Gasteiger partial charge in [-0.25, -0.2) is 5.01 Å². The van der Waals surface area contributed by atoms with Crippen molar-refractivity contribution in [3.63, 3.8) is 0 Å². The third-order valence-corrected chi connectivity index (χ3v) is 6.35. The Hall–Kier alpha value is -3.45. The van der Waals surface area contributed by atoms with Gasteiger partial charge in [0.1, 0.15) is 12.3 Å². The zero-order chi connectivity index (χ0) is 23.7. The summed E-state index contributed by atoms with van der Waals surface area (Å²) >= 11 is 5.94. The summed E-state index contributed by atoms with van der Waals surface area (Å²) in [5, 5.41) is 2.26. The monoisotopic (exact) mass is 466 g/mol. The van der Waals surface area contributed by atoms with E-state index in [4.69, 9.17) is 16.3 Å². The van der Waals surface area contributed by atoms with Crippen molar-refractivity contribution >= 4 is 35.1 Å². The van der Waals surface area contributed by atoms with Gasteiger partial charge >= 0.3 is 0 Å². The highest BCUT2D eigenvalue weighted by atomic mass is 35.5. The lowest BCUT2D eigenvalue weighted by Gasteiger charge is -2.30. The molecule has 8 heteroatoms. The summed E-state index contributed by atoms with van der Waals surface area (Å²) in [7, 11) is 1.48. The predicted octanol–water partition coefficient (Wildman–Crippen LogP) is 3.79. The molecule has 0 unspecified atom stereocenters. The molecular formula is C25H23ClN2O5. The molecule has 1 aliphatic heterocycles. The highest BCUT2D eigenvalue weighted by molar-refractivity contribution is 6.30. The van der Waals surface area contributed by atoms with Crippen LogP contribution in [0.2, 0.25) is 5.02 Å². The molecule has 170 valence electrons. The number of Topliss-reactive ketones (excluding diaryl/α,β-unsaturated/α-hetero) is 1. The number of rotatable bonds is 6. The highest BCUT2D eigenvalue weighted by Gasteiger charge is 2.53. The van der Waals surface area contributed by atoms with Gasteiger partial charge in [0.2, 0.25) is 0 Å². The second-order valence-electron chi connectivity index (χ2n) is 8.17. The molecule has 1 heterocycles. The van der Waals surface area contributed by atoms with E-state index in [1.165, 1.54) is 31.4 Å². The molecule has 2 aromatic rings. The van der Waals surface area contributed by atoms with Crippen LogP contribution >= 0.6 is 11.6 Å². The molecule has 7 nitrogen and oxygen atoms in total. The number of nitrogens with zero attached hydrogens (tertiary/aromatic N) is 2. The molecule has 1 aliphatic carbocycles. The molecular weight excluding hydrogens is 444 g/mol. The van der Waals surface area contributed by atoms with Gasteiger partial charge in [0.15, 0.2) is 5.78 Å². The Bertz CT molecular complexity index is 1140. The number of benzene rings is 2. The zero-order valence-electron chi connectivity index (χ0n) is 18.2. The largest absolute Gasteiger partial charge is 0.497 e. The van der Waals surface area contributed by atoms with E-state index in [2.05, 4.69) is 0 Å². The molecule has 3 amide bonds. The number of ether oxygens (including phenoxy) is 1. The Labute approximate surface area is 196 Å². The van der Waals surface area contributed by atoms with Crippen LogP contribution in [0.25, 0.3) is 0 Å². The summed E-state index contributed by atoms with van der Waals surface area (Å²) < 4.78 is 5.18. The zero-order valence-corrected chi connectivity index (χ0v) is 19.0. The summed E-state index contributed by atoms with van der Waals surface area (Å²) in [6.07, 6.45) is 4.21. The van der Waals surface area contributed by atoms with Crippen LogP contribution in [0.5, 0.6) is 5.75 Å². The molecule has 0 N–H and O–H groups in total. The average molecular weight is 467 g/mol. The normalized spacial score (nSPS) is 21.7. The number of methoxy groups -OCH3 is 1.